The summed E-state index contributed by atoms with van der Waals surface area (Å²) in [7, 11) is 0. The van der Waals surface area contributed by atoms with Gasteiger partial charge in [0.15, 0.2) is 6.29 Å². The summed E-state index contributed by atoms with van der Waals surface area (Å²) >= 11 is 1.30. The maximum absolute atomic E-state index is 12.4. The van der Waals surface area contributed by atoms with Gasteiger partial charge >= 0.3 is 5.97 Å². The maximum Gasteiger partial charge on any atom is 0.338 e. The largest absolute Gasteiger partial charge is 0.478 e. The zero-order valence-electron chi connectivity index (χ0n) is 22.1. The lowest BCUT2D eigenvalue weighted by atomic mass is 10.0. The highest BCUT2D eigenvalue weighted by Crippen LogP contribution is 2.40. The number of ether oxygens (including phenoxy) is 2. The number of nitrogens with zero attached hydrogens (tertiary/aromatic N) is 1. The molecule has 2 aromatic carbocycles. The van der Waals surface area contributed by atoms with E-state index in [4.69, 9.17) is 14.7 Å². The van der Waals surface area contributed by atoms with E-state index in [-0.39, 0.29) is 49.5 Å². The van der Waals surface area contributed by atoms with E-state index >= 15 is 0 Å². The first kappa shape index (κ1) is 30.2. The Hall–Kier alpha value is -3.81. The zero-order chi connectivity index (χ0) is 29.2. The molecule has 1 saturated heterocycles. The Balaban J connectivity index is 1.49. The second-order valence-corrected chi connectivity index (χ2v) is 10.4. The fraction of sp³-hybridized carbons (Fsp3) is 0.310. The fourth-order valence-electron chi connectivity index (χ4n) is 4.32. The van der Waals surface area contributed by atoms with E-state index < -0.39 is 18.2 Å². The number of carboxylic acids is 1. The van der Waals surface area contributed by atoms with E-state index in [1.165, 1.54) is 17.8 Å². The molecule has 0 aliphatic carbocycles. The summed E-state index contributed by atoms with van der Waals surface area (Å²) in [5, 5.41) is 30.7. The van der Waals surface area contributed by atoms with Crippen LogP contribution in [0.25, 0.3) is 0 Å². The molecule has 3 aromatic rings. The molecule has 0 saturated carbocycles. The summed E-state index contributed by atoms with van der Waals surface area (Å²) in [6.07, 6.45) is 1.04. The molecule has 12 heteroatoms. The Morgan fingerprint density at radius 1 is 0.976 bits per heavy atom. The van der Waals surface area contributed by atoms with Gasteiger partial charge < -0.3 is 25.0 Å². The van der Waals surface area contributed by atoms with E-state index in [9.17, 15) is 24.6 Å². The quantitative estimate of drug-likeness (QED) is 0.119. The van der Waals surface area contributed by atoms with Crippen molar-refractivity contribution in [2.75, 3.05) is 11.1 Å². The normalized spacial score (nSPS) is 18.4. The number of thioether (sulfide) groups is 1. The van der Waals surface area contributed by atoms with Gasteiger partial charge in [0, 0.05) is 42.5 Å². The van der Waals surface area contributed by atoms with Crippen molar-refractivity contribution in [3.05, 3.63) is 89.1 Å². The summed E-state index contributed by atoms with van der Waals surface area (Å²) in [5.41, 5.74) is 4.56. The van der Waals surface area contributed by atoms with E-state index in [1.54, 1.807) is 35.9 Å². The Kier molecular flexibility index (Phi) is 10.8. The SMILES string of the molecule is O=C(CCCC(=O)Nc1cccc([C@H]2O[C@@H](CSc3ncccc3C(=O)O)C[C@@H](c3ccc(CO)cc3)O2)c1)NO. The molecular formula is C29H31N3O8S. The second kappa shape index (κ2) is 14.7. The summed E-state index contributed by atoms with van der Waals surface area (Å²) < 4.78 is 12.7. The van der Waals surface area contributed by atoms with Gasteiger partial charge in [-0.15, -0.1) is 11.8 Å². The molecule has 2 amide bonds. The zero-order valence-corrected chi connectivity index (χ0v) is 22.9. The summed E-state index contributed by atoms with van der Waals surface area (Å²) in [4.78, 5) is 39.4. The molecule has 11 nitrogen and oxygen atoms in total. The lowest BCUT2D eigenvalue weighted by Crippen LogP contribution is -2.31. The molecular weight excluding hydrogens is 550 g/mol. The van der Waals surface area contributed by atoms with Crippen molar-refractivity contribution in [2.45, 2.75) is 55.8 Å². The molecule has 0 spiro atoms. The number of anilines is 1. The predicted molar refractivity (Wildman–Crippen MR) is 149 cm³/mol. The van der Waals surface area contributed by atoms with Crippen LogP contribution in [0.15, 0.2) is 71.9 Å². The van der Waals surface area contributed by atoms with Crippen LogP contribution in [0.3, 0.4) is 0 Å². The van der Waals surface area contributed by atoms with Gasteiger partial charge in [0.2, 0.25) is 11.8 Å². The van der Waals surface area contributed by atoms with Gasteiger partial charge in [0.05, 0.1) is 24.4 Å². The molecule has 4 rings (SSSR count). The highest BCUT2D eigenvalue weighted by Gasteiger charge is 2.32. The monoisotopic (exact) mass is 581 g/mol. The topological polar surface area (TPSA) is 167 Å². The number of pyridine rings is 1. The number of carboxylic acid groups (broad SMARTS) is 1. The molecule has 3 atom stereocenters. The first-order valence-corrected chi connectivity index (χ1v) is 14.0. The minimum Gasteiger partial charge on any atom is -0.478 e. The van der Waals surface area contributed by atoms with Crippen LogP contribution in [0, 0.1) is 0 Å². The maximum atomic E-state index is 12.4. The van der Waals surface area contributed by atoms with E-state index in [1.807, 2.05) is 30.3 Å². The second-order valence-electron chi connectivity index (χ2n) is 9.38. The Labute approximate surface area is 240 Å². The van der Waals surface area contributed by atoms with Crippen molar-refractivity contribution < 1.29 is 39.3 Å². The molecule has 0 bridgehead atoms. The number of nitrogens with one attached hydrogen (secondary N) is 2. The van der Waals surface area contributed by atoms with Crippen molar-refractivity contribution in [1.29, 1.82) is 0 Å². The van der Waals surface area contributed by atoms with Gasteiger partial charge in [0.1, 0.15) is 5.03 Å². The molecule has 41 heavy (non-hydrogen) atoms. The highest BCUT2D eigenvalue weighted by atomic mass is 32.2. The number of carbonyl (C=O) groups is 3. The molecule has 2 heterocycles. The van der Waals surface area contributed by atoms with E-state index in [2.05, 4.69) is 10.3 Å². The van der Waals surface area contributed by atoms with Gasteiger partial charge in [-0.25, -0.2) is 15.3 Å². The third kappa shape index (κ3) is 8.59. The minimum absolute atomic E-state index is 0.0280. The van der Waals surface area contributed by atoms with Crippen LogP contribution in [0.2, 0.25) is 0 Å². The van der Waals surface area contributed by atoms with Crippen LogP contribution < -0.4 is 10.8 Å². The van der Waals surface area contributed by atoms with Gasteiger partial charge in [-0.05, 0) is 41.8 Å². The first-order chi connectivity index (χ1) is 19.9. The van der Waals surface area contributed by atoms with Crippen LogP contribution in [0.1, 0.15) is 65.1 Å². The van der Waals surface area contributed by atoms with E-state index in [0.717, 1.165) is 11.1 Å². The number of aromatic carboxylic acids is 1. The predicted octanol–water partition coefficient (Wildman–Crippen LogP) is 4.22. The van der Waals surface area contributed by atoms with Crippen LogP contribution >= 0.6 is 11.8 Å². The molecule has 1 aliphatic rings. The van der Waals surface area contributed by atoms with Gasteiger partial charge in [-0.2, -0.15) is 0 Å². The number of hydrogen-bond acceptors (Lipinski definition) is 9. The van der Waals surface area contributed by atoms with Gasteiger partial charge in [0.25, 0.3) is 0 Å². The highest BCUT2D eigenvalue weighted by molar-refractivity contribution is 7.99. The van der Waals surface area contributed by atoms with Crippen LogP contribution in [-0.2, 0) is 25.7 Å². The van der Waals surface area contributed by atoms with Crippen molar-refractivity contribution in [3.8, 4) is 0 Å². The summed E-state index contributed by atoms with van der Waals surface area (Å²) in [5.74, 6) is -1.45. The Morgan fingerprint density at radius 3 is 2.49 bits per heavy atom. The number of rotatable bonds is 12. The number of benzene rings is 2. The van der Waals surface area contributed by atoms with Crippen molar-refractivity contribution in [2.24, 2.45) is 0 Å². The average Bonchev–Trinajstić information content (AvgIpc) is 3.00. The molecule has 1 fully saturated rings. The molecule has 1 aromatic heterocycles. The summed E-state index contributed by atoms with van der Waals surface area (Å²) in [6.45, 7) is -0.0695. The standard InChI is InChI=1S/C29H31N3O8S/c33-16-18-9-11-19(12-10-18)24-15-22(17-41-27-23(28(36)37)6-3-13-30-27)39-29(40-24)20-4-1-5-21(14-20)31-25(34)7-2-8-26(35)32-38/h1,3-6,9-14,22,24,29,33,38H,2,7-8,15-17H2,(H,31,34)(H,32,35)(H,36,37)/t22-,24+,29+/m1/s1. The first-order valence-electron chi connectivity index (χ1n) is 13.0. The van der Waals surface area contributed by atoms with Crippen LogP contribution in [0.4, 0.5) is 5.69 Å². The number of amides is 2. The third-order valence-electron chi connectivity index (χ3n) is 6.40. The van der Waals surface area contributed by atoms with Gasteiger partial charge in [-0.1, -0.05) is 36.4 Å². The van der Waals surface area contributed by atoms with Crippen molar-refractivity contribution >= 4 is 35.2 Å². The third-order valence-corrected chi connectivity index (χ3v) is 7.53. The Bertz CT molecular complexity index is 1350. The van der Waals surface area contributed by atoms with E-state index in [0.29, 0.717) is 28.5 Å². The molecule has 0 radical (unpaired) electrons. The average molecular weight is 582 g/mol. The molecule has 1 aliphatic heterocycles. The fourth-order valence-corrected chi connectivity index (χ4v) is 5.32. The number of aliphatic hydroxyl groups is 1. The van der Waals surface area contributed by atoms with Crippen molar-refractivity contribution in [1.82, 2.24) is 10.5 Å². The number of carbonyl (C=O) groups excluding carboxylic acids is 2. The number of aliphatic hydroxyl groups excluding tert-OH is 1. The lowest BCUT2D eigenvalue weighted by molar-refractivity contribution is -0.245. The molecule has 216 valence electrons. The smallest absolute Gasteiger partial charge is 0.338 e. The minimum atomic E-state index is -1.05. The van der Waals surface area contributed by atoms with Crippen LogP contribution in [0.5, 0.6) is 0 Å². The summed E-state index contributed by atoms with van der Waals surface area (Å²) in [6, 6.07) is 17.7. The van der Waals surface area contributed by atoms with Gasteiger partial charge in [-0.3, -0.25) is 14.8 Å². The number of aromatic nitrogens is 1. The number of hydrogen-bond donors (Lipinski definition) is 5. The molecule has 0 unspecified atom stereocenters. The number of hydroxylamine groups is 1. The van der Waals surface area contributed by atoms with Crippen molar-refractivity contribution in [3.63, 3.8) is 0 Å². The lowest BCUT2D eigenvalue weighted by Gasteiger charge is -2.36. The Morgan fingerprint density at radius 2 is 1.76 bits per heavy atom. The molecule has 5 N–H and O–H groups in total. The van der Waals surface area contributed by atoms with Crippen LogP contribution in [-0.4, -0.2) is 50.0 Å².